The molecule has 0 saturated heterocycles. The summed E-state index contributed by atoms with van der Waals surface area (Å²) >= 11 is 6.27. The lowest BCUT2D eigenvalue weighted by molar-refractivity contribution is -0.143. The van der Waals surface area contributed by atoms with Gasteiger partial charge in [0, 0.05) is 5.56 Å². The maximum Gasteiger partial charge on any atom is 0.363 e. The van der Waals surface area contributed by atoms with Crippen LogP contribution in [0.5, 0.6) is 11.5 Å². The Balaban J connectivity index is 1.90. The predicted molar refractivity (Wildman–Crippen MR) is 107 cm³/mol. The van der Waals surface area contributed by atoms with Gasteiger partial charge in [-0.05, 0) is 42.8 Å². The highest BCUT2D eigenvalue weighted by Crippen LogP contribution is 2.37. The number of nitrogens with zero attached hydrogens (tertiary/aromatic N) is 1. The monoisotopic (exact) mass is 415 g/mol. The summed E-state index contributed by atoms with van der Waals surface area (Å²) in [6.45, 7) is 1.62. The molecule has 0 unspecified atom stereocenters. The van der Waals surface area contributed by atoms with Crippen LogP contribution in [0.25, 0.3) is 6.08 Å². The Hall–Kier alpha value is -3.32. The van der Waals surface area contributed by atoms with Crippen LogP contribution in [0.15, 0.2) is 47.1 Å². The lowest BCUT2D eigenvalue weighted by Gasteiger charge is -2.12. The number of methoxy groups -OCH3 is 2. The van der Waals surface area contributed by atoms with E-state index in [0.29, 0.717) is 16.9 Å². The van der Waals surface area contributed by atoms with Crippen molar-refractivity contribution in [1.29, 1.82) is 0 Å². The Labute approximate surface area is 172 Å². The number of esters is 2. The van der Waals surface area contributed by atoms with Gasteiger partial charge < -0.3 is 18.9 Å². The summed E-state index contributed by atoms with van der Waals surface area (Å²) in [7, 11) is 2.69. The van der Waals surface area contributed by atoms with Crippen LogP contribution in [-0.2, 0) is 19.1 Å². The average Bonchev–Trinajstić information content (AvgIpc) is 3.06. The molecule has 0 aromatic heterocycles. The first-order valence-corrected chi connectivity index (χ1v) is 8.96. The molecule has 8 heteroatoms. The molecule has 0 fully saturated rings. The molecule has 0 saturated carbocycles. The fraction of sp³-hybridized carbons (Fsp3) is 0.190. The molecule has 0 amide bonds. The zero-order valence-corrected chi connectivity index (χ0v) is 16.8. The summed E-state index contributed by atoms with van der Waals surface area (Å²) in [4.78, 5) is 27.8. The molecular weight excluding hydrogens is 398 g/mol. The van der Waals surface area contributed by atoms with Gasteiger partial charge in [-0.25, -0.2) is 14.6 Å². The molecule has 0 atom stereocenters. The maximum atomic E-state index is 12.2. The Bertz CT molecular complexity index is 1030. The fourth-order valence-corrected chi connectivity index (χ4v) is 2.90. The first-order chi connectivity index (χ1) is 13.9. The smallest absolute Gasteiger partial charge is 0.363 e. The van der Waals surface area contributed by atoms with Crippen molar-refractivity contribution in [2.75, 3.05) is 20.8 Å². The molecule has 0 radical (unpaired) electrons. The Morgan fingerprint density at radius 3 is 2.72 bits per heavy atom. The van der Waals surface area contributed by atoms with Crippen LogP contribution < -0.4 is 9.47 Å². The Morgan fingerprint density at radius 2 is 2.03 bits per heavy atom. The highest BCUT2D eigenvalue weighted by atomic mass is 35.5. The minimum Gasteiger partial charge on any atom is -0.493 e. The van der Waals surface area contributed by atoms with E-state index in [1.54, 1.807) is 12.1 Å². The van der Waals surface area contributed by atoms with Gasteiger partial charge in [0.1, 0.15) is 0 Å². The zero-order valence-electron chi connectivity index (χ0n) is 16.0. The predicted octanol–water partition coefficient (Wildman–Crippen LogP) is 3.55. The average molecular weight is 416 g/mol. The van der Waals surface area contributed by atoms with E-state index in [2.05, 4.69) is 9.73 Å². The second-order valence-corrected chi connectivity index (χ2v) is 6.51. The van der Waals surface area contributed by atoms with Crippen LogP contribution >= 0.6 is 11.6 Å². The number of aryl methyl sites for hydroxylation is 1. The molecule has 1 heterocycles. The number of carbonyl (C=O) groups is 2. The molecule has 1 aliphatic heterocycles. The lowest BCUT2D eigenvalue weighted by atomic mass is 10.1. The number of hydrogen-bond donors (Lipinski definition) is 0. The van der Waals surface area contributed by atoms with E-state index < -0.39 is 11.9 Å². The molecule has 2 aromatic rings. The number of cyclic esters (lactones) is 1. The van der Waals surface area contributed by atoms with Crippen LogP contribution in [0.2, 0.25) is 5.02 Å². The third kappa shape index (κ3) is 4.75. The van der Waals surface area contributed by atoms with Gasteiger partial charge in [0.05, 0.1) is 19.2 Å². The molecule has 0 N–H and O–H groups in total. The molecule has 150 valence electrons. The first-order valence-electron chi connectivity index (χ1n) is 8.58. The van der Waals surface area contributed by atoms with Crippen molar-refractivity contribution in [2.24, 2.45) is 4.99 Å². The van der Waals surface area contributed by atoms with Gasteiger partial charge >= 0.3 is 11.9 Å². The largest absolute Gasteiger partial charge is 0.493 e. The molecule has 29 heavy (non-hydrogen) atoms. The van der Waals surface area contributed by atoms with Gasteiger partial charge in [-0.1, -0.05) is 29.3 Å². The summed E-state index contributed by atoms with van der Waals surface area (Å²) in [5.74, 6) is -0.396. The van der Waals surface area contributed by atoms with Crippen molar-refractivity contribution in [3.8, 4) is 11.5 Å². The van der Waals surface area contributed by atoms with E-state index >= 15 is 0 Å². The summed E-state index contributed by atoms with van der Waals surface area (Å²) in [5, 5.41) is 0.203. The second kappa shape index (κ2) is 8.79. The minimum atomic E-state index is -0.567. The number of benzene rings is 2. The van der Waals surface area contributed by atoms with Crippen LogP contribution in [0.4, 0.5) is 0 Å². The molecule has 0 aliphatic carbocycles. The van der Waals surface area contributed by atoms with Crippen LogP contribution in [0.1, 0.15) is 16.7 Å². The maximum absolute atomic E-state index is 12.2. The number of ether oxygens (including phenoxy) is 4. The second-order valence-electron chi connectivity index (χ2n) is 6.10. The number of halogens is 1. The van der Waals surface area contributed by atoms with Crippen LogP contribution in [0.3, 0.4) is 0 Å². The highest BCUT2D eigenvalue weighted by molar-refractivity contribution is 6.32. The van der Waals surface area contributed by atoms with Gasteiger partial charge in [-0.2, -0.15) is 0 Å². The van der Waals surface area contributed by atoms with Gasteiger partial charge in [0.25, 0.3) is 0 Å². The van der Waals surface area contributed by atoms with Crippen molar-refractivity contribution in [3.63, 3.8) is 0 Å². The van der Waals surface area contributed by atoms with Crippen molar-refractivity contribution >= 4 is 35.5 Å². The van der Waals surface area contributed by atoms with Gasteiger partial charge in [-0.3, -0.25) is 0 Å². The van der Waals surface area contributed by atoms with Gasteiger partial charge in [0.15, 0.2) is 23.8 Å². The molecule has 1 aliphatic rings. The molecule has 3 rings (SSSR count). The van der Waals surface area contributed by atoms with Gasteiger partial charge in [0.2, 0.25) is 5.90 Å². The Morgan fingerprint density at radius 1 is 1.24 bits per heavy atom. The SMILES string of the molecule is COC(=O)COc1c(Cl)cc(/C=C2/N=C(c3cccc(C)c3)OC2=O)cc1OC. The number of aliphatic imine (C=N–C) groups is 1. The lowest BCUT2D eigenvalue weighted by Crippen LogP contribution is -2.13. The number of hydrogen-bond acceptors (Lipinski definition) is 7. The summed E-state index contributed by atoms with van der Waals surface area (Å²) < 4.78 is 20.5. The van der Waals surface area contributed by atoms with E-state index in [-0.39, 0.29) is 29.0 Å². The van der Waals surface area contributed by atoms with E-state index in [4.69, 9.17) is 25.8 Å². The molecular formula is C21H18ClNO6. The van der Waals surface area contributed by atoms with E-state index in [9.17, 15) is 9.59 Å². The van der Waals surface area contributed by atoms with Crippen molar-refractivity contribution in [2.45, 2.75) is 6.92 Å². The zero-order chi connectivity index (χ0) is 21.0. The van der Waals surface area contributed by atoms with Crippen molar-refractivity contribution in [3.05, 3.63) is 63.8 Å². The topological polar surface area (TPSA) is 83.4 Å². The normalized spacial score (nSPS) is 14.4. The van der Waals surface area contributed by atoms with Crippen molar-refractivity contribution < 1.29 is 28.5 Å². The van der Waals surface area contributed by atoms with Crippen LogP contribution in [-0.4, -0.2) is 38.7 Å². The van der Waals surface area contributed by atoms with E-state index in [1.807, 2.05) is 31.2 Å². The minimum absolute atomic E-state index is 0.128. The molecule has 0 bridgehead atoms. The van der Waals surface area contributed by atoms with Crippen molar-refractivity contribution in [1.82, 2.24) is 0 Å². The standard InChI is InChI=1S/C21H18ClNO6/c1-12-5-4-6-14(7-12)20-23-16(21(25)29-20)9-13-8-15(22)19(17(10-13)26-2)28-11-18(24)27-3/h4-10H,11H2,1-3H3/b16-9+. The number of rotatable bonds is 6. The third-order valence-electron chi connectivity index (χ3n) is 4.00. The van der Waals surface area contributed by atoms with Crippen LogP contribution in [0, 0.1) is 6.92 Å². The molecule has 2 aromatic carbocycles. The summed E-state index contributed by atoms with van der Waals surface area (Å²) in [6.07, 6.45) is 1.53. The fourth-order valence-electron chi connectivity index (χ4n) is 2.62. The first kappa shape index (κ1) is 20.4. The molecule has 0 spiro atoms. The Kier molecular flexibility index (Phi) is 6.19. The highest BCUT2D eigenvalue weighted by Gasteiger charge is 2.24. The van der Waals surface area contributed by atoms with Gasteiger partial charge in [-0.15, -0.1) is 0 Å². The quantitative estimate of drug-likeness (QED) is 0.530. The van der Waals surface area contributed by atoms with E-state index in [1.165, 1.54) is 20.3 Å². The van der Waals surface area contributed by atoms with E-state index in [0.717, 1.165) is 5.56 Å². The third-order valence-corrected chi connectivity index (χ3v) is 4.28. The molecule has 7 nitrogen and oxygen atoms in total. The summed E-state index contributed by atoms with van der Waals surface area (Å²) in [6, 6.07) is 10.7. The summed E-state index contributed by atoms with van der Waals surface area (Å²) in [5.41, 5.74) is 2.42. The number of carbonyl (C=O) groups excluding carboxylic acids is 2.